The van der Waals surface area contributed by atoms with E-state index in [0.717, 1.165) is 68.9 Å². The van der Waals surface area contributed by atoms with Gasteiger partial charge in [-0.05, 0) is 82.0 Å². The molecule has 6 nitrogen and oxygen atoms in total. The Morgan fingerprint density at radius 1 is 1.19 bits per heavy atom. The molecule has 2 N–H and O–H groups in total. The molecule has 32 heavy (non-hydrogen) atoms. The van der Waals surface area contributed by atoms with Crippen molar-refractivity contribution in [3.63, 3.8) is 0 Å². The van der Waals surface area contributed by atoms with Crippen LogP contribution in [0.3, 0.4) is 0 Å². The molecule has 0 bridgehead atoms. The average molecular weight is 443 g/mol. The molecule has 178 valence electrons. The number of ether oxygens (including phenoxy) is 1. The molecule has 3 aliphatic rings. The van der Waals surface area contributed by atoms with Gasteiger partial charge in [-0.1, -0.05) is 26.7 Å². The van der Waals surface area contributed by atoms with Gasteiger partial charge in [-0.2, -0.15) is 0 Å². The van der Waals surface area contributed by atoms with Crippen LogP contribution in [0, 0.1) is 17.8 Å². The normalized spacial score (nSPS) is 28.0. The molecule has 0 amide bonds. The molecule has 1 aromatic rings. The zero-order valence-corrected chi connectivity index (χ0v) is 20.2. The van der Waals surface area contributed by atoms with Crippen molar-refractivity contribution in [3.05, 3.63) is 29.5 Å². The molecule has 1 aromatic heterocycles. The summed E-state index contributed by atoms with van der Waals surface area (Å²) in [5, 5.41) is 13.5. The number of fused-ring (bicyclic) bond motifs is 1. The highest BCUT2D eigenvalue weighted by atomic mass is 16.5. The van der Waals surface area contributed by atoms with Crippen LogP contribution in [0.15, 0.2) is 12.4 Å². The van der Waals surface area contributed by atoms with E-state index in [4.69, 9.17) is 14.7 Å². The van der Waals surface area contributed by atoms with E-state index in [1.165, 1.54) is 31.3 Å². The summed E-state index contributed by atoms with van der Waals surface area (Å²) in [7, 11) is 2.20. The lowest BCUT2D eigenvalue weighted by atomic mass is 9.80. The van der Waals surface area contributed by atoms with Crippen molar-refractivity contribution in [2.24, 2.45) is 17.8 Å². The SMILES string of the molecule is CCCC(C)Cc1ncc2c(n1)C(C1CCC(O)CC1)=CNC2OCC1CCN(C)CC1. The fraction of sp³-hybridized carbons (Fsp3) is 0.769. The quantitative estimate of drug-likeness (QED) is 0.625. The molecule has 1 saturated heterocycles. The second-order valence-electron chi connectivity index (χ2n) is 10.4. The fourth-order valence-corrected chi connectivity index (χ4v) is 5.48. The summed E-state index contributed by atoms with van der Waals surface area (Å²) in [6.07, 6.45) is 13.3. The molecule has 3 heterocycles. The Hall–Kier alpha value is -1.50. The molecule has 0 spiro atoms. The van der Waals surface area contributed by atoms with Crippen molar-refractivity contribution in [1.29, 1.82) is 0 Å². The predicted octanol–water partition coefficient (Wildman–Crippen LogP) is 4.31. The lowest BCUT2D eigenvalue weighted by Crippen LogP contribution is -2.34. The van der Waals surface area contributed by atoms with E-state index in [1.54, 1.807) is 0 Å². The molecule has 0 aromatic carbocycles. The molecular formula is C26H42N4O2. The van der Waals surface area contributed by atoms with Crippen molar-refractivity contribution in [1.82, 2.24) is 20.2 Å². The van der Waals surface area contributed by atoms with Crippen LogP contribution in [0.2, 0.25) is 0 Å². The van der Waals surface area contributed by atoms with Gasteiger partial charge < -0.3 is 20.1 Å². The van der Waals surface area contributed by atoms with E-state index >= 15 is 0 Å². The van der Waals surface area contributed by atoms with Crippen molar-refractivity contribution >= 4 is 5.57 Å². The van der Waals surface area contributed by atoms with Crippen LogP contribution < -0.4 is 5.32 Å². The minimum Gasteiger partial charge on any atom is -0.393 e. The van der Waals surface area contributed by atoms with E-state index < -0.39 is 0 Å². The zero-order chi connectivity index (χ0) is 22.5. The average Bonchev–Trinajstić information content (AvgIpc) is 2.79. The number of likely N-dealkylation sites (tertiary alicyclic amines) is 1. The van der Waals surface area contributed by atoms with Crippen LogP contribution >= 0.6 is 0 Å². The van der Waals surface area contributed by atoms with Crippen LogP contribution in [-0.2, 0) is 11.2 Å². The number of aliphatic hydroxyl groups excluding tert-OH is 1. The maximum Gasteiger partial charge on any atom is 0.157 e. The molecule has 6 heteroatoms. The number of rotatable bonds is 8. The van der Waals surface area contributed by atoms with Gasteiger partial charge >= 0.3 is 0 Å². The molecule has 2 atom stereocenters. The highest BCUT2D eigenvalue weighted by molar-refractivity contribution is 5.69. The third kappa shape index (κ3) is 5.89. The van der Waals surface area contributed by atoms with Gasteiger partial charge in [0.05, 0.1) is 18.4 Å². The second kappa shape index (κ2) is 11.1. The summed E-state index contributed by atoms with van der Waals surface area (Å²) in [5.74, 6) is 2.60. The smallest absolute Gasteiger partial charge is 0.157 e. The van der Waals surface area contributed by atoms with Gasteiger partial charge in [0.2, 0.25) is 0 Å². The number of nitrogens with one attached hydrogen (secondary N) is 1. The maximum absolute atomic E-state index is 9.98. The number of hydrogen-bond acceptors (Lipinski definition) is 6. The van der Waals surface area contributed by atoms with E-state index in [9.17, 15) is 5.11 Å². The summed E-state index contributed by atoms with van der Waals surface area (Å²) < 4.78 is 6.40. The Kier molecular flexibility index (Phi) is 8.19. The van der Waals surface area contributed by atoms with Gasteiger partial charge in [-0.25, -0.2) is 9.97 Å². The Morgan fingerprint density at radius 2 is 1.94 bits per heavy atom. The van der Waals surface area contributed by atoms with Gasteiger partial charge in [0, 0.05) is 24.4 Å². The van der Waals surface area contributed by atoms with Crippen LogP contribution in [0.4, 0.5) is 0 Å². The molecular weight excluding hydrogens is 400 g/mol. The minimum absolute atomic E-state index is 0.149. The topological polar surface area (TPSA) is 70.5 Å². The van der Waals surface area contributed by atoms with Gasteiger partial charge in [0.25, 0.3) is 0 Å². The lowest BCUT2D eigenvalue weighted by Gasteiger charge is -2.34. The molecule has 4 rings (SSSR count). The molecule has 1 aliphatic carbocycles. The van der Waals surface area contributed by atoms with Crippen molar-refractivity contribution in [2.75, 3.05) is 26.7 Å². The first-order valence-corrected chi connectivity index (χ1v) is 12.8. The molecule has 2 aliphatic heterocycles. The van der Waals surface area contributed by atoms with Crippen molar-refractivity contribution in [2.45, 2.75) is 84.0 Å². The lowest BCUT2D eigenvalue weighted by molar-refractivity contribution is 0.000831. The van der Waals surface area contributed by atoms with E-state index in [2.05, 4.69) is 37.3 Å². The predicted molar refractivity (Wildman–Crippen MR) is 128 cm³/mol. The largest absolute Gasteiger partial charge is 0.393 e. The minimum atomic E-state index is -0.176. The number of allylic oxidation sites excluding steroid dienone is 1. The van der Waals surface area contributed by atoms with Crippen LogP contribution in [0.1, 0.15) is 88.5 Å². The number of aliphatic hydroxyl groups is 1. The van der Waals surface area contributed by atoms with Crippen molar-refractivity contribution in [3.8, 4) is 0 Å². The van der Waals surface area contributed by atoms with Crippen LogP contribution in [-0.4, -0.2) is 52.8 Å². The standard InChI is InChI=1S/C26H42N4O2/c1-4-5-18(2)14-24-27-16-23-25(29-24)22(20-6-8-21(31)9-7-20)15-28-26(23)32-17-19-10-12-30(3)13-11-19/h15-16,18-21,26,28,31H,4-14,17H2,1-3H3. The molecule has 0 radical (unpaired) electrons. The molecule has 2 fully saturated rings. The van der Waals surface area contributed by atoms with E-state index in [1.807, 2.05) is 6.20 Å². The number of piperidine rings is 1. The Labute approximate surface area is 193 Å². The Bertz CT molecular complexity index is 767. The first-order valence-electron chi connectivity index (χ1n) is 12.8. The van der Waals surface area contributed by atoms with Gasteiger partial charge in [0.1, 0.15) is 5.82 Å². The van der Waals surface area contributed by atoms with Gasteiger partial charge in [-0.3, -0.25) is 0 Å². The summed E-state index contributed by atoms with van der Waals surface area (Å²) in [4.78, 5) is 12.3. The molecule has 1 saturated carbocycles. The Morgan fingerprint density at radius 3 is 2.66 bits per heavy atom. The third-order valence-corrected chi connectivity index (χ3v) is 7.60. The van der Waals surface area contributed by atoms with E-state index in [0.29, 0.717) is 17.8 Å². The summed E-state index contributed by atoms with van der Waals surface area (Å²) in [6.45, 7) is 7.62. The fourth-order valence-electron chi connectivity index (χ4n) is 5.48. The number of nitrogens with zero attached hydrogens (tertiary/aromatic N) is 3. The van der Waals surface area contributed by atoms with Crippen LogP contribution in [0.25, 0.3) is 5.57 Å². The summed E-state index contributed by atoms with van der Waals surface area (Å²) in [5.41, 5.74) is 3.43. The third-order valence-electron chi connectivity index (χ3n) is 7.60. The zero-order valence-electron chi connectivity index (χ0n) is 20.2. The molecule has 2 unspecified atom stereocenters. The monoisotopic (exact) mass is 442 g/mol. The van der Waals surface area contributed by atoms with Gasteiger partial charge in [0.15, 0.2) is 6.23 Å². The Balaban J connectivity index is 1.51. The van der Waals surface area contributed by atoms with Crippen molar-refractivity contribution < 1.29 is 9.84 Å². The highest BCUT2D eigenvalue weighted by Gasteiger charge is 2.31. The summed E-state index contributed by atoms with van der Waals surface area (Å²) >= 11 is 0. The summed E-state index contributed by atoms with van der Waals surface area (Å²) in [6, 6.07) is 0. The van der Waals surface area contributed by atoms with Gasteiger partial charge in [-0.15, -0.1) is 0 Å². The van der Waals surface area contributed by atoms with E-state index in [-0.39, 0.29) is 12.3 Å². The van der Waals surface area contributed by atoms with Crippen LogP contribution in [0.5, 0.6) is 0 Å². The first-order chi connectivity index (χ1) is 15.5. The number of hydrogen-bond donors (Lipinski definition) is 2. The maximum atomic E-state index is 9.98. The first kappa shape index (κ1) is 23.7. The highest BCUT2D eigenvalue weighted by Crippen LogP contribution is 2.39. The second-order valence-corrected chi connectivity index (χ2v) is 10.4. The number of aromatic nitrogens is 2.